The molecule has 0 unspecified atom stereocenters. The number of halogens is 3. The Morgan fingerprint density at radius 1 is 1.47 bits per heavy atom. The molecule has 0 saturated carbocycles. The second kappa shape index (κ2) is 5.19. The highest BCUT2D eigenvalue weighted by atomic mass is 19.4. The summed E-state index contributed by atoms with van der Waals surface area (Å²) in [6.07, 6.45) is -4.87. The van der Waals surface area contributed by atoms with Gasteiger partial charge in [0, 0.05) is 18.2 Å². The van der Waals surface area contributed by atoms with Gasteiger partial charge in [0.2, 0.25) is 5.88 Å². The zero-order valence-electron chi connectivity index (χ0n) is 8.91. The van der Waals surface area contributed by atoms with E-state index in [1.54, 1.807) is 0 Å². The maximum Gasteiger partial charge on any atom is 0.573 e. The Balaban J connectivity index is 3.24. The first kappa shape index (κ1) is 13.5. The highest BCUT2D eigenvalue weighted by molar-refractivity contribution is 5.40. The van der Waals surface area contributed by atoms with Gasteiger partial charge in [-0.25, -0.2) is 4.98 Å². The molecular formula is C9H11F3N2O3. The van der Waals surface area contributed by atoms with Gasteiger partial charge in [0.05, 0.1) is 13.7 Å². The van der Waals surface area contributed by atoms with Crippen LogP contribution in [0.15, 0.2) is 6.07 Å². The molecule has 0 aliphatic carbocycles. The molecule has 0 aliphatic rings. The molecule has 0 fully saturated rings. The molecule has 1 heterocycles. The van der Waals surface area contributed by atoms with E-state index in [0.29, 0.717) is 0 Å². The molecule has 1 rings (SSSR count). The van der Waals surface area contributed by atoms with Gasteiger partial charge in [0.15, 0.2) is 5.75 Å². The second-order valence-electron chi connectivity index (χ2n) is 3.01. The van der Waals surface area contributed by atoms with Crippen molar-refractivity contribution in [3.8, 4) is 11.6 Å². The quantitative estimate of drug-likeness (QED) is 0.833. The smallest absolute Gasteiger partial charge is 0.481 e. The van der Waals surface area contributed by atoms with Crippen LogP contribution in [0.1, 0.15) is 11.3 Å². The third kappa shape index (κ3) is 3.46. The van der Waals surface area contributed by atoms with Crippen molar-refractivity contribution in [2.24, 2.45) is 5.73 Å². The van der Waals surface area contributed by atoms with Gasteiger partial charge in [0.25, 0.3) is 0 Å². The Morgan fingerprint density at radius 2 is 2.12 bits per heavy atom. The summed E-state index contributed by atoms with van der Waals surface area (Å²) >= 11 is 0. The number of aromatic nitrogens is 1. The number of pyridine rings is 1. The van der Waals surface area contributed by atoms with E-state index in [-0.39, 0.29) is 23.7 Å². The van der Waals surface area contributed by atoms with Crippen LogP contribution in [-0.4, -0.2) is 23.6 Å². The normalized spacial score (nSPS) is 11.4. The Hall–Kier alpha value is -1.54. The average molecular weight is 252 g/mol. The number of rotatable bonds is 4. The SMILES string of the molecule is COc1cc(CN)c(OC(F)(F)F)c(CO)n1. The Labute approximate surface area is 95.0 Å². The molecule has 96 valence electrons. The van der Waals surface area contributed by atoms with E-state index in [4.69, 9.17) is 15.6 Å². The standard InChI is InChI=1S/C9H11F3N2O3/c1-16-7-2-5(3-13)8(6(4-15)14-7)17-9(10,11)12/h2,15H,3-4,13H2,1H3. The van der Waals surface area contributed by atoms with Gasteiger partial charge >= 0.3 is 6.36 Å². The van der Waals surface area contributed by atoms with Crippen molar-refractivity contribution in [1.29, 1.82) is 0 Å². The van der Waals surface area contributed by atoms with Crippen molar-refractivity contribution >= 4 is 0 Å². The first-order valence-corrected chi connectivity index (χ1v) is 4.54. The molecule has 17 heavy (non-hydrogen) atoms. The van der Waals surface area contributed by atoms with E-state index < -0.39 is 18.7 Å². The second-order valence-corrected chi connectivity index (χ2v) is 3.01. The fourth-order valence-corrected chi connectivity index (χ4v) is 1.22. The number of nitrogens with two attached hydrogens (primary N) is 1. The van der Waals surface area contributed by atoms with Crippen LogP contribution in [0, 0.1) is 0 Å². The molecule has 8 heteroatoms. The molecule has 1 aromatic heterocycles. The lowest BCUT2D eigenvalue weighted by atomic mass is 10.2. The predicted molar refractivity (Wildman–Crippen MR) is 51.3 cm³/mol. The number of ether oxygens (including phenoxy) is 2. The van der Waals surface area contributed by atoms with E-state index in [1.807, 2.05) is 0 Å². The van der Waals surface area contributed by atoms with Gasteiger partial charge in [-0.2, -0.15) is 0 Å². The molecule has 0 radical (unpaired) electrons. The molecule has 3 N–H and O–H groups in total. The lowest BCUT2D eigenvalue weighted by Gasteiger charge is -2.15. The lowest BCUT2D eigenvalue weighted by molar-refractivity contribution is -0.275. The van der Waals surface area contributed by atoms with Crippen LogP contribution >= 0.6 is 0 Å². The summed E-state index contributed by atoms with van der Waals surface area (Å²) in [5, 5.41) is 8.95. The van der Waals surface area contributed by atoms with E-state index in [0.717, 1.165) is 0 Å². The highest BCUT2D eigenvalue weighted by Gasteiger charge is 2.33. The Kier molecular flexibility index (Phi) is 4.13. The number of hydrogen-bond donors (Lipinski definition) is 2. The number of methoxy groups -OCH3 is 1. The van der Waals surface area contributed by atoms with Crippen LogP contribution in [0.3, 0.4) is 0 Å². The molecule has 0 bridgehead atoms. The predicted octanol–water partition coefficient (Wildman–Crippen LogP) is 0.940. The van der Waals surface area contributed by atoms with Crippen molar-refractivity contribution in [3.63, 3.8) is 0 Å². The molecule has 5 nitrogen and oxygen atoms in total. The minimum atomic E-state index is -4.87. The fourth-order valence-electron chi connectivity index (χ4n) is 1.22. The first-order chi connectivity index (χ1) is 7.91. The summed E-state index contributed by atoms with van der Waals surface area (Å²) in [6.45, 7) is -0.910. The zero-order chi connectivity index (χ0) is 13.1. The Morgan fingerprint density at radius 3 is 2.53 bits per heavy atom. The summed E-state index contributed by atoms with van der Waals surface area (Å²) in [5.74, 6) is -0.521. The van der Waals surface area contributed by atoms with Crippen LogP contribution in [0.2, 0.25) is 0 Å². The summed E-state index contributed by atoms with van der Waals surface area (Å²) in [6, 6.07) is 1.22. The average Bonchev–Trinajstić information content (AvgIpc) is 2.27. The number of alkyl halides is 3. The van der Waals surface area contributed by atoms with Crippen LogP contribution in [0.25, 0.3) is 0 Å². The molecule has 0 aromatic carbocycles. The lowest BCUT2D eigenvalue weighted by Crippen LogP contribution is -2.20. The van der Waals surface area contributed by atoms with E-state index in [1.165, 1.54) is 13.2 Å². The summed E-state index contributed by atoms with van der Waals surface area (Å²) in [7, 11) is 1.30. The van der Waals surface area contributed by atoms with Crippen molar-refractivity contribution in [3.05, 3.63) is 17.3 Å². The highest BCUT2D eigenvalue weighted by Crippen LogP contribution is 2.31. The summed E-state index contributed by atoms with van der Waals surface area (Å²) in [4.78, 5) is 3.65. The minimum absolute atomic E-state index is 0.0539. The van der Waals surface area contributed by atoms with Crippen LogP contribution in [-0.2, 0) is 13.2 Å². The van der Waals surface area contributed by atoms with E-state index in [9.17, 15) is 13.2 Å². The molecule has 0 atom stereocenters. The Bertz CT molecular complexity index is 371. The first-order valence-electron chi connectivity index (χ1n) is 4.54. The van der Waals surface area contributed by atoms with Gasteiger partial charge < -0.3 is 20.3 Å². The van der Waals surface area contributed by atoms with Crippen molar-refractivity contribution in [2.45, 2.75) is 19.5 Å². The largest absolute Gasteiger partial charge is 0.573 e. The van der Waals surface area contributed by atoms with Crippen LogP contribution in [0.5, 0.6) is 11.6 Å². The molecule has 1 aromatic rings. The molecular weight excluding hydrogens is 241 g/mol. The van der Waals surface area contributed by atoms with Crippen LogP contribution in [0.4, 0.5) is 13.2 Å². The molecule has 0 spiro atoms. The number of nitrogens with zero attached hydrogens (tertiary/aromatic N) is 1. The number of aliphatic hydroxyl groups is 1. The third-order valence-electron chi connectivity index (χ3n) is 1.89. The molecule has 0 saturated heterocycles. The number of hydrogen-bond acceptors (Lipinski definition) is 5. The number of aliphatic hydroxyl groups excluding tert-OH is 1. The van der Waals surface area contributed by atoms with E-state index in [2.05, 4.69) is 9.72 Å². The van der Waals surface area contributed by atoms with Gasteiger partial charge in [0.1, 0.15) is 5.69 Å². The molecule has 0 amide bonds. The summed E-state index contributed by atoms with van der Waals surface area (Å²) < 4.78 is 45.0. The zero-order valence-corrected chi connectivity index (χ0v) is 8.91. The fraction of sp³-hybridized carbons (Fsp3) is 0.444. The summed E-state index contributed by atoms with van der Waals surface area (Å²) in [5.41, 5.74) is 5.08. The molecule has 0 aliphatic heterocycles. The maximum atomic E-state index is 12.2. The van der Waals surface area contributed by atoms with Gasteiger partial charge in [-0.3, -0.25) is 0 Å². The topological polar surface area (TPSA) is 77.6 Å². The van der Waals surface area contributed by atoms with Crippen molar-refractivity contribution in [1.82, 2.24) is 4.98 Å². The van der Waals surface area contributed by atoms with Crippen molar-refractivity contribution in [2.75, 3.05) is 7.11 Å². The minimum Gasteiger partial charge on any atom is -0.481 e. The van der Waals surface area contributed by atoms with Crippen molar-refractivity contribution < 1.29 is 27.8 Å². The maximum absolute atomic E-state index is 12.2. The third-order valence-corrected chi connectivity index (χ3v) is 1.89. The van der Waals surface area contributed by atoms with Gasteiger partial charge in [-0.1, -0.05) is 0 Å². The monoisotopic (exact) mass is 252 g/mol. The van der Waals surface area contributed by atoms with Gasteiger partial charge in [-0.05, 0) is 0 Å². The van der Waals surface area contributed by atoms with Gasteiger partial charge in [-0.15, -0.1) is 13.2 Å². The van der Waals surface area contributed by atoms with E-state index >= 15 is 0 Å². The van der Waals surface area contributed by atoms with Crippen LogP contribution < -0.4 is 15.2 Å².